The lowest BCUT2D eigenvalue weighted by Gasteiger charge is -2.27. The van der Waals surface area contributed by atoms with Gasteiger partial charge in [0.15, 0.2) is 5.82 Å². The highest BCUT2D eigenvalue weighted by Crippen LogP contribution is 2.33. The summed E-state index contributed by atoms with van der Waals surface area (Å²) in [5.74, 6) is 1.55. The van der Waals surface area contributed by atoms with E-state index >= 15 is 0 Å². The molecule has 0 saturated carbocycles. The summed E-state index contributed by atoms with van der Waals surface area (Å²) in [6.45, 7) is 9.56. The Kier molecular flexibility index (Phi) is 4.44. The SMILES string of the molecule is CCOC(c1n[nH]c(CCN)n1)C(C)(C)C. The lowest BCUT2D eigenvalue weighted by Crippen LogP contribution is -2.22. The molecule has 0 aromatic carbocycles. The number of hydrogen-bond donors (Lipinski definition) is 2. The molecule has 0 bridgehead atoms. The standard InChI is InChI=1S/C11H22N4O/c1-5-16-9(11(2,3)4)10-13-8(6-7-12)14-15-10/h9H,5-7,12H2,1-4H3,(H,13,14,15). The van der Waals surface area contributed by atoms with Crippen LogP contribution in [0.4, 0.5) is 0 Å². The fourth-order valence-corrected chi connectivity index (χ4v) is 1.55. The summed E-state index contributed by atoms with van der Waals surface area (Å²) in [6.07, 6.45) is 0.635. The third-order valence-electron chi connectivity index (χ3n) is 2.28. The summed E-state index contributed by atoms with van der Waals surface area (Å²) < 4.78 is 5.71. The average molecular weight is 226 g/mol. The van der Waals surface area contributed by atoms with E-state index in [0.29, 0.717) is 13.2 Å². The minimum Gasteiger partial charge on any atom is -0.370 e. The summed E-state index contributed by atoms with van der Waals surface area (Å²) in [6, 6.07) is 0. The van der Waals surface area contributed by atoms with Crippen molar-refractivity contribution in [2.75, 3.05) is 13.2 Å². The smallest absolute Gasteiger partial charge is 0.179 e. The minimum atomic E-state index is -0.0831. The predicted molar refractivity (Wildman–Crippen MR) is 63.0 cm³/mol. The molecule has 1 unspecified atom stereocenters. The highest BCUT2D eigenvalue weighted by Gasteiger charge is 2.30. The maximum Gasteiger partial charge on any atom is 0.179 e. The largest absolute Gasteiger partial charge is 0.370 e. The lowest BCUT2D eigenvalue weighted by atomic mass is 9.88. The highest BCUT2D eigenvalue weighted by molar-refractivity contribution is 4.99. The lowest BCUT2D eigenvalue weighted by molar-refractivity contribution is -0.0189. The molecule has 16 heavy (non-hydrogen) atoms. The molecule has 0 aliphatic heterocycles. The van der Waals surface area contributed by atoms with Crippen molar-refractivity contribution in [2.24, 2.45) is 11.1 Å². The van der Waals surface area contributed by atoms with Crippen molar-refractivity contribution in [1.29, 1.82) is 0 Å². The Morgan fingerprint density at radius 3 is 2.62 bits per heavy atom. The van der Waals surface area contributed by atoms with Crippen molar-refractivity contribution in [3.63, 3.8) is 0 Å². The van der Waals surface area contributed by atoms with Gasteiger partial charge in [-0.2, -0.15) is 5.10 Å². The number of aromatic amines is 1. The van der Waals surface area contributed by atoms with Gasteiger partial charge < -0.3 is 10.5 Å². The predicted octanol–water partition coefficient (Wildman–Crippen LogP) is 1.43. The van der Waals surface area contributed by atoms with Crippen LogP contribution in [-0.4, -0.2) is 28.3 Å². The molecule has 1 aromatic rings. The van der Waals surface area contributed by atoms with Crippen LogP contribution >= 0.6 is 0 Å². The van der Waals surface area contributed by atoms with Crippen molar-refractivity contribution < 1.29 is 4.74 Å². The zero-order valence-electron chi connectivity index (χ0n) is 10.6. The number of ether oxygens (including phenoxy) is 1. The summed E-state index contributed by atoms with van der Waals surface area (Å²) in [5, 5.41) is 7.10. The Labute approximate surface area is 96.8 Å². The van der Waals surface area contributed by atoms with Gasteiger partial charge in [-0.25, -0.2) is 4.98 Å². The van der Waals surface area contributed by atoms with Crippen molar-refractivity contribution in [2.45, 2.75) is 40.2 Å². The molecule has 0 aliphatic carbocycles. The van der Waals surface area contributed by atoms with E-state index < -0.39 is 0 Å². The number of rotatable bonds is 5. The Bertz CT molecular complexity index is 316. The highest BCUT2D eigenvalue weighted by atomic mass is 16.5. The first-order valence-electron chi connectivity index (χ1n) is 5.72. The van der Waals surface area contributed by atoms with Crippen LogP contribution in [0.2, 0.25) is 0 Å². The molecule has 1 aromatic heterocycles. The Balaban J connectivity index is 2.84. The second kappa shape index (κ2) is 5.41. The van der Waals surface area contributed by atoms with Crippen molar-refractivity contribution in [3.05, 3.63) is 11.6 Å². The number of H-pyrrole nitrogens is 1. The molecule has 0 radical (unpaired) electrons. The molecule has 0 amide bonds. The van der Waals surface area contributed by atoms with Crippen LogP contribution in [0.15, 0.2) is 0 Å². The van der Waals surface area contributed by atoms with Gasteiger partial charge in [-0.15, -0.1) is 0 Å². The van der Waals surface area contributed by atoms with Gasteiger partial charge in [-0.05, 0) is 18.9 Å². The molecule has 5 nitrogen and oxygen atoms in total. The first kappa shape index (κ1) is 13.1. The van der Waals surface area contributed by atoms with Gasteiger partial charge in [0.25, 0.3) is 0 Å². The summed E-state index contributed by atoms with van der Waals surface area (Å²) in [7, 11) is 0. The second-order valence-electron chi connectivity index (χ2n) is 4.88. The zero-order valence-corrected chi connectivity index (χ0v) is 10.6. The Morgan fingerprint density at radius 1 is 1.44 bits per heavy atom. The molecule has 1 rings (SSSR count). The monoisotopic (exact) mass is 226 g/mol. The molecular formula is C11H22N4O. The van der Waals surface area contributed by atoms with E-state index in [1.807, 2.05) is 6.92 Å². The van der Waals surface area contributed by atoms with Gasteiger partial charge in [0, 0.05) is 13.0 Å². The maximum absolute atomic E-state index is 5.71. The van der Waals surface area contributed by atoms with Gasteiger partial charge in [0.2, 0.25) is 0 Å². The van der Waals surface area contributed by atoms with Crippen LogP contribution in [0.5, 0.6) is 0 Å². The molecule has 0 fully saturated rings. The molecule has 1 atom stereocenters. The fourth-order valence-electron chi connectivity index (χ4n) is 1.55. The van der Waals surface area contributed by atoms with Gasteiger partial charge in [-0.3, -0.25) is 5.10 Å². The van der Waals surface area contributed by atoms with E-state index in [1.165, 1.54) is 0 Å². The maximum atomic E-state index is 5.71. The molecule has 0 spiro atoms. The van der Waals surface area contributed by atoms with Gasteiger partial charge >= 0.3 is 0 Å². The van der Waals surface area contributed by atoms with Crippen LogP contribution in [0.25, 0.3) is 0 Å². The molecule has 5 heteroatoms. The number of aromatic nitrogens is 3. The van der Waals surface area contributed by atoms with Crippen LogP contribution < -0.4 is 5.73 Å². The Morgan fingerprint density at radius 2 is 2.12 bits per heavy atom. The van der Waals surface area contributed by atoms with E-state index in [0.717, 1.165) is 18.1 Å². The number of nitrogens with zero attached hydrogens (tertiary/aromatic N) is 2. The van der Waals surface area contributed by atoms with Crippen LogP contribution in [0, 0.1) is 5.41 Å². The van der Waals surface area contributed by atoms with E-state index in [9.17, 15) is 0 Å². The summed E-state index contributed by atoms with van der Waals surface area (Å²) in [5.41, 5.74) is 5.46. The van der Waals surface area contributed by atoms with Gasteiger partial charge in [0.05, 0.1) is 0 Å². The van der Waals surface area contributed by atoms with Crippen molar-refractivity contribution >= 4 is 0 Å². The van der Waals surface area contributed by atoms with Crippen molar-refractivity contribution in [1.82, 2.24) is 15.2 Å². The fraction of sp³-hybridized carbons (Fsp3) is 0.818. The van der Waals surface area contributed by atoms with E-state index in [4.69, 9.17) is 10.5 Å². The van der Waals surface area contributed by atoms with Crippen molar-refractivity contribution in [3.8, 4) is 0 Å². The number of nitrogens with two attached hydrogens (primary N) is 1. The molecule has 1 heterocycles. The molecule has 0 aliphatic rings. The first-order chi connectivity index (χ1) is 7.49. The molecular weight excluding hydrogens is 204 g/mol. The summed E-state index contributed by atoms with van der Waals surface area (Å²) >= 11 is 0. The molecule has 92 valence electrons. The first-order valence-corrected chi connectivity index (χ1v) is 5.72. The van der Waals surface area contributed by atoms with E-state index in [-0.39, 0.29) is 11.5 Å². The third kappa shape index (κ3) is 3.28. The normalized spacial score (nSPS) is 14.1. The molecule has 0 saturated heterocycles. The van der Waals surface area contributed by atoms with E-state index in [2.05, 4.69) is 36.0 Å². The van der Waals surface area contributed by atoms with Crippen LogP contribution in [0.3, 0.4) is 0 Å². The summed E-state index contributed by atoms with van der Waals surface area (Å²) in [4.78, 5) is 4.41. The van der Waals surface area contributed by atoms with Gasteiger partial charge in [0.1, 0.15) is 11.9 Å². The zero-order chi connectivity index (χ0) is 12.2. The Hall–Kier alpha value is -0.940. The average Bonchev–Trinajstić information content (AvgIpc) is 2.61. The topological polar surface area (TPSA) is 76.8 Å². The van der Waals surface area contributed by atoms with Crippen LogP contribution in [0.1, 0.15) is 45.4 Å². The van der Waals surface area contributed by atoms with Gasteiger partial charge in [-0.1, -0.05) is 20.8 Å². The van der Waals surface area contributed by atoms with Crippen LogP contribution in [-0.2, 0) is 11.2 Å². The second-order valence-corrected chi connectivity index (χ2v) is 4.88. The molecule has 3 N–H and O–H groups in total. The minimum absolute atomic E-state index is 0.0157. The quantitative estimate of drug-likeness (QED) is 0.796. The number of hydrogen-bond acceptors (Lipinski definition) is 4. The number of nitrogens with one attached hydrogen (secondary N) is 1. The van der Waals surface area contributed by atoms with E-state index in [1.54, 1.807) is 0 Å². The third-order valence-corrected chi connectivity index (χ3v) is 2.28.